The number of aryl methyl sites for hydroxylation is 1. The molecule has 1 aliphatic rings. The Morgan fingerprint density at radius 1 is 1.21 bits per heavy atom. The van der Waals surface area contributed by atoms with Crippen molar-refractivity contribution >= 4 is 23.2 Å². The second kappa shape index (κ2) is 9.06. The first-order valence-corrected chi connectivity index (χ1v) is 9.63. The first kappa shape index (κ1) is 20.8. The second-order valence-electron chi connectivity index (χ2n) is 7.20. The molecule has 0 aliphatic carbocycles. The number of hydrogen-bond acceptors (Lipinski definition) is 7. The van der Waals surface area contributed by atoms with Crippen LogP contribution in [0.4, 0.5) is 11.4 Å². The van der Waals surface area contributed by atoms with E-state index in [-0.39, 0.29) is 23.7 Å². The fourth-order valence-electron chi connectivity index (χ4n) is 3.43. The number of benzene rings is 1. The summed E-state index contributed by atoms with van der Waals surface area (Å²) >= 11 is 0. The molecule has 1 aliphatic heterocycles. The molecule has 2 aromatic rings. The van der Waals surface area contributed by atoms with Gasteiger partial charge in [-0.15, -0.1) is 0 Å². The van der Waals surface area contributed by atoms with Crippen LogP contribution in [0.25, 0.3) is 0 Å². The smallest absolute Gasteiger partial charge is 0.277 e. The van der Waals surface area contributed by atoms with E-state index in [2.05, 4.69) is 34.5 Å². The number of ether oxygens (including phenoxy) is 1. The van der Waals surface area contributed by atoms with Crippen LogP contribution in [0.1, 0.15) is 40.5 Å². The third-order valence-electron chi connectivity index (χ3n) is 4.74. The first-order chi connectivity index (χ1) is 13.9. The van der Waals surface area contributed by atoms with Gasteiger partial charge in [0, 0.05) is 36.8 Å². The van der Waals surface area contributed by atoms with Gasteiger partial charge in [-0.3, -0.25) is 9.59 Å². The Kier molecular flexibility index (Phi) is 6.50. The molecule has 2 amide bonds. The Balaban J connectivity index is 1.95. The molecule has 29 heavy (non-hydrogen) atoms. The lowest BCUT2D eigenvalue weighted by atomic mass is 10.1. The summed E-state index contributed by atoms with van der Waals surface area (Å²) in [6.45, 7) is 7.72. The molecule has 0 bridgehead atoms. The van der Waals surface area contributed by atoms with Crippen molar-refractivity contribution in [2.24, 2.45) is 5.73 Å². The maximum Gasteiger partial charge on any atom is 0.277 e. The summed E-state index contributed by atoms with van der Waals surface area (Å²) in [4.78, 5) is 27.3. The van der Waals surface area contributed by atoms with Crippen molar-refractivity contribution in [1.29, 1.82) is 0 Å². The molecule has 2 heterocycles. The summed E-state index contributed by atoms with van der Waals surface area (Å²) in [5.41, 5.74) is 7.41. The van der Waals surface area contributed by atoms with Crippen LogP contribution in [0, 0.1) is 6.92 Å². The van der Waals surface area contributed by atoms with E-state index in [9.17, 15) is 9.59 Å². The maximum absolute atomic E-state index is 12.7. The van der Waals surface area contributed by atoms with Gasteiger partial charge in [-0.1, -0.05) is 5.16 Å². The second-order valence-corrected chi connectivity index (χ2v) is 7.20. The van der Waals surface area contributed by atoms with Crippen LogP contribution in [0.3, 0.4) is 0 Å². The zero-order chi connectivity index (χ0) is 21.0. The molecule has 0 spiro atoms. The van der Waals surface area contributed by atoms with E-state index >= 15 is 0 Å². The predicted octanol–water partition coefficient (Wildman–Crippen LogP) is 1.54. The third kappa shape index (κ3) is 4.75. The number of nitrogens with two attached hydrogens (primary N) is 1. The van der Waals surface area contributed by atoms with Crippen LogP contribution in [-0.2, 0) is 4.74 Å². The summed E-state index contributed by atoms with van der Waals surface area (Å²) in [5.74, 6) is -0.116. The SMILES string of the molecule is Cc1cc(C(=O)Nc2cc(C(=O)NCCN)ccc2N2C(C)COCC2C)no1. The topological polar surface area (TPSA) is 123 Å². The van der Waals surface area contributed by atoms with Crippen molar-refractivity contribution in [1.82, 2.24) is 10.5 Å². The number of anilines is 2. The monoisotopic (exact) mass is 401 g/mol. The van der Waals surface area contributed by atoms with E-state index < -0.39 is 5.91 Å². The molecule has 1 fully saturated rings. The van der Waals surface area contributed by atoms with Gasteiger partial charge in [-0.2, -0.15) is 0 Å². The molecule has 0 radical (unpaired) electrons. The highest BCUT2D eigenvalue weighted by atomic mass is 16.5. The van der Waals surface area contributed by atoms with Gasteiger partial charge in [0.2, 0.25) is 0 Å². The lowest BCUT2D eigenvalue weighted by Gasteiger charge is -2.41. The number of morpholine rings is 1. The van der Waals surface area contributed by atoms with E-state index in [1.165, 1.54) is 0 Å². The minimum Gasteiger partial charge on any atom is -0.377 e. The fourth-order valence-corrected chi connectivity index (χ4v) is 3.43. The Labute approximate surface area is 169 Å². The van der Waals surface area contributed by atoms with Gasteiger partial charge < -0.3 is 30.5 Å². The van der Waals surface area contributed by atoms with Gasteiger partial charge in [0.25, 0.3) is 11.8 Å². The summed E-state index contributed by atoms with van der Waals surface area (Å²) < 4.78 is 10.6. The molecule has 1 aromatic carbocycles. The van der Waals surface area contributed by atoms with E-state index in [0.717, 1.165) is 5.69 Å². The normalized spacial score (nSPS) is 19.1. The minimum atomic E-state index is -0.406. The van der Waals surface area contributed by atoms with Crippen molar-refractivity contribution in [3.63, 3.8) is 0 Å². The lowest BCUT2D eigenvalue weighted by molar-refractivity contribution is 0.0757. The van der Waals surface area contributed by atoms with Crippen LogP contribution in [0.5, 0.6) is 0 Å². The summed E-state index contributed by atoms with van der Waals surface area (Å²) in [7, 11) is 0. The van der Waals surface area contributed by atoms with Crippen molar-refractivity contribution in [2.75, 3.05) is 36.5 Å². The molecule has 4 N–H and O–H groups in total. The molecule has 9 nitrogen and oxygen atoms in total. The summed E-state index contributed by atoms with van der Waals surface area (Å²) in [5, 5.41) is 9.39. The molecule has 9 heteroatoms. The Morgan fingerprint density at radius 2 is 1.93 bits per heavy atom. The first-order valence-electron chi connectivity index (χ1n) is 9.63. The molecular formula is C20H27N5O4. The molecule has 2 atom stereocenters. The number of carbonyl (C=O) groups excluding carboxylic acids is 2. The predicted molar refractivity (Wildman–Crippen MR) is 109 cm³/mol. The number of nitrogens with zero attached hydrogens (tertiary/aromatic N) is 2. The fraction of sp³-hybridized carbons (Fsp3) is 0.450. The zero-order valence-corrected chi connectivity index (χ0v) is 16.9. The average molecular weight is 401 g/mol. The maximum atomic E-state index is 12.7. The van der Waals surface area contributed by atoms with Gasteiger partial charge in [0.1, 0.15) is 5.76 Å². The van der Waals surface area contributed by atoms with Gasteiger partial charge in [-0.05, 0) is 39.0 Å². The molecular weight excluding hydrogens is 374 g/mol. The summed E-state index contributed by atoms with van der Waals surface area (Å²) in [6, 6.07) is 7.04. The Bertz CT molecular complexity index is 872. The van der Waals surface area contributed by atoms with Crippen LogP contribution >= 0.6 is 0 Å². The number of hydrogen-bond donors (Lipinski definition) is 3. The van der Waals surface area contributed by atoms with Gasteiger partial charge in [-0.25, -0.2) is 0 Å². The highest BCUT2D eigenvalue weighted by molar-refractivity contribution is 6.06. The lowest BCUT2D eigenvalue weighted by Crippen LogP contribution is -2.50. The zero-order valence-electron chi connectivity index (χ0n) is 16.9. The quantitative estimate of drug-likeness (QED) is 0.671. The van der Waals surface area contributed by atoms with E-state index in [4.69, 9.17) is 15.0 Å². The van der Waals surface area contributed by atoms with Crippen molar-refractivity contribution in [3.8, 4) is 0 Å². The van der Waals surface area contributed by atoms with E-state index in [0.29, 0.717) is 43.3 Å². The van der Waals surface area contributed by atoms with Crippen LogP contribution in [0.2, 0.25) is 0 Å². The number of carbonyl (C=O) groups is 2. The number of nitrogens with one attached hydrogen (secondary N) is 2. The third-order valence-corrected chi connectivity index (χ3v) is 4.74. The van der Waals surface area contributed by atoms with Crippen LogP contribution < -0.4 is 21.3 Å². The Hall–Kier alpha value is -2.91. The molecule has 1 aromatic heterocycles. The molecule has 2 unspecified atom stereocenters. The van der Waals surface area contributed by atoms with Crippen molar-refractivity contribution in [2.45, 2.75) is 32.9 Å². The molecule has 156 valence electrons. The van der Waals surface area contributed by atoms with Gasteiger partial charge >= 0.3 is 0 Å². The van der Waals surface area contributed by atoms with Gasteiger partial charge in [0.05, 0.1) is 24.6 Å². The largest absolute Gasteiger partial charge is 0.377 e. The number of amides is 2. The van der Waals surface area contributed by atoms with Crippen molar-refractivity contribution < 1.29 is 18.8 Å². The average Bonchev–Trinajstić information content (AvgIpc) is 3.13. The molecule has 0 saturated carbocycles. The summed E-state index contributed by atoms with van der Waals surface area (Å²) in [6.07, 6.45) is 0. The number of aromatic nitrogens is 1. The van der Waals surface area contributed by atoms with Crippen LogP contribution in [0.15, 0.2) is 28.8 Å². The number of rotatable bonds is 6. The minimum absolute atomic E-state index is 0.112. The highest BCUT2D eigenvalue weighted by Crippen LogP contribution is 2.32. The highest BCUT2D eigenvalue weighted by Gasteiger charge is 2.28. The van der Waals surface area contributed by atoms with Crippen molar-refractivity contribution in [3.05, 3.63) is 41.3 Å². The Morgan fingerprint density at radius 3 is 2.55 bits per heavy atom. The van der Waals surface area contributed by atoms with E-state index in [1.807, 2.05) is 6.07 Å². The van der Waals surface area contributed by atoms with Gasteiger partial charge in [0.15, 0.2) is 5.69 Å². The molecule has 3 rings (SSSR count). The standard InChI is InChI=1S/C20H27N5O4/c1-12-10-28-11-13(2)25(12)18-5-4-15(19(26)22-7-6-21)9-16(18)23-20(27)17-8-14(3)29-24-17/h4-5,8-9,12-13H,6-7,10-11,21H2,1-3H3,(H,22,26)(H,23,27). The molecule has 1 saturated heterocycles. The van der Waals surface area contributed by atoms with Crippen LogP contribution in [-0.4, -0.2) is 55.4 Å². The van der Waals surface area contributed by atoms with E-state index in [1.54, 1.807) is 25.1 Å².